The number of para-hydroxylation sites is 3. The molecule has 7 aromatic carbocycles. The summed E-state index contributed by atoms with van der Waals surface area (Å²) in [6.07, 6.45) is 0. The molecule has 9 aromatic rings. The molecule has 2 aliphatic heterocycles. The van der Waals surface area contributed by atoms with E-state index in [0.29, 0.717) is 27.5 Å². The van der Waals surface area contributed by atoms with E-state index in [9.17, 15) is 10.5 Å². The lowest BCUT2D eigenvalue weighted by molar-refractivity contribution is 0.661. The Morgan fingerprint density at radius 1 is 0.647 bits per heavy atom. The number of nitriles is 2. The van der Waals surface area contributed by atoms with Gasteiger partial charge in [0.15, 0.2) is 0 Å². The molecule has 4 heterocycles. The minimum Gasteiger partial charge on any atom is -0.455 e. The molecule has 2 aliphatic rings. The SMILES string of the molecule is [2H]c1c([2H])c([2H])c2c(oc3c4c(ccc32)B2c3cc5c6ccccc6n(-c6ccccc6C#N)c5cc3Sc3cc(-c5ccccc5C#N)cc(c32)S4)c1[2H]. The summed E-state index contributed by atoms with van der Waals surface area (Å²) >= 11 is 3.29. The third kappa shape index (κ3) is 3.99. The monoisotopic (exact) mass is 687 g/mol. The lowest BCUT2D eigenvalue weighted by Gasteiger charge is -2.33. The van der Waals surface area contributed by atoms with E-state index in [2.05, 4.69) is 59.2 Å². The maximum Gasteiger partial charge on any atom is 0.247 e. The quantitative estimate of drug-likeness (QED) is 0.170. The minimum atomic E-state index is -0.326. The third-order valence-electron chi connectivity index (χ3n) is 10.1. The number of hydrogen-bond donors (Lipinski definition) is 0. The molecule has 51 heavy (non-hydrogen) atoms. The van der Waals surface area contributed by atoms with Gasteiger partial charge in [0.2, 0.25) is 6.71 Å². The highest BCUT2D eigenvalue weighted by Gasteiger charge is 2.40. The van der Waals surface area contributed by atoms with E-state index in [4.69, 9.17) is 9.90 Å². The maximum atomic E-state index is 10.2. The summed E-state index contributed by atoms with van der Waals surface area (Å²) in [5.74, 6) is 0. The summed E-state index contributed by atoms with van der Waals surface area (Å²) in [6, 6.07) is 40.3. The molecular formula is C44H22BN3OS2. The molecule has 0 N–H and O–H groups in total. The highest BCUT2D eigenvalue weighted by atomic mass is 32.2. The zero-order valence-electron chi connectivity index (χ0n) is 30.5. The van der Waals surface area contributed by atoms with E-state index < -0.39 is 0 Å². The van der Waals surface area contributed by atoms with Crippen LogP contribution in [0.25, 0.3) is 60.6 Å². The zero-order chi connectivity index (χ0) is 37.3. The van der Waals surface area contributed by atoms with Crippen LogP contribution < -0.4 is 16.4 Å². The number of fused-ring (bicyclic) bond motifs is 11. The molecule has 0 saturated heterocycles. The first-order valence-electron chi connectivity index (χ1n) is 18.4. The normalized spacial score (nSPS) is 14.0. The van der Waals surface area contributed by atoms with Crippen molar-refractivity contribution in [2.45, 2.75) is 19.6 Å². The third-order valence-corrected chi connectivity index (χ3v) is 12.5. The van der Waals surface area contributed by atoms with Crippen LogP contribution in [0.3, 0.4) is 0 Å². The zero-order valence-corrected chi connectivity index (χ0v) is 28.2. The number of benzene rings is 7. The van der Waals surface area contributed by atoms with Gasteiger partial charge in [0.25, 0.3) is 0 Å². The second-order valence-electron chi connectivity index (χ2n) is 12.7. The van der Waals surface area contributed by atoms with E-state index >= 15 is 0 Å². The smallest absolute Gasteiger partial charge is 0.247 e. The van der Waals surface area contributed by atoms with Gasteiger partial charge in [-0.15, -0.1) is 0 Å². The van der Waals surface area contributed by atoms with E-state index in [-0.39, 0.29) is 36.5 Å². The van der Waals surface area contributed by atoms with Crippen LogP contribution in [0.1, 0.15) is 16.6 Å². The predicted molar refractivity (Wildman–Crippen MR) is 209 cm³/mol. The number of aromatic nitrogens is 1. The Hall–Kier alpha value is -6.12. The van der Waals surface area contributed by atoms with Gasteiger partial charge in [0.1, 0.15) is 17.2 Å². The molecule has 0 fully saturated rings. The second kappa shape index (κ2) is 10.7. The number of hydrogen-bond acceptors (Lipinski definition) is 5. The van der Waals surface area contributed by atoms with Crippen molar-refractivity contribution >= 4 is 90.4 Å². The van der Waals surface area contributed by atoms with Crippen LogP contribution in [-0.4, -0.2) is 11.3 Å². The molecule has 0 radical (unpaired) electrons. The molecule has 0 spiro atoms. The van der Waals surface area contributed by atoms with Gasteiger partial charge in [-0.25, -0.2) is 0 Å². The van der Waals surface area contributed by atoms with Gasteiger partial charge in [-0.1, -0.05) is 119 Å². The van der Waals surface area contributed by atoms with E-state index in [0.717, 1.165) is 69.1 Å². The van der Waals surface area contributed by atoms with Crippen molar-refractivity contribution in [3.63, 3.8) is 0 Å². The van der Waals surface area contributed by atoms with Gasteiger partial charge < -0.3 is 8.98 Å². The van der Waals surface area contributed by atoms with Gasteiger partial charge in [-0.3, -0.25) is 0 Å². The Balaban J connectivity index is 1.24. The molecule has 7 heteroatoms. The van der Waals surface area contributed by atoms with Crippen molar-refractivity contribution in [2.75, 3.05) is 0 Å². The van der Waals surface area contributed by atoms with Crippen LogP contribution in [0.15, 0.2) is 157 Å². The molecule has 234 valence electrons. The number of furan rings is 1. The van der Waals surface area contributed by atoms with Crippen molar-refractivity contribution in [3.8, 4) is 29.0 Å². The standard InChI is InChI=1S/C44H22BN3OS2/c46-23-25-9-1-3-11-28(25)27-19-40-42-41(20-27)51-44-33(18-17-31-30-13-5-8-16-38(30)49-43(31)44)45(42)34-21-32-29-12-4-7-15-36(29)48(37(32)22-39(34)50-40)35-14-6-2-10-26(35)24-47/h1-22H/i5D,8D,13D,16D. The molecule has 0 unspecified atom stereocenters. The molecule has 11 rings (SSSR count). The fourth-order valence-electron chi connectivity index (χ4n) is 7.98. The first kappa shape index (κ1) is 24.9. The van der Waals surface area contributed by atoms with Gasteiger partial charge in [0, 0.05) is 36.2 Å². The average molecular weight is 688 g/mol. The van der Waals surface area contributed by atoms with E-state index in [1.807, 2.05) is 66.7 Å². The van der Waals surface area contributed by atoms with Crippen LogP contribution in [0, 0.1) is 22.7 Å². The largest absolute Gasteiger partial charge is 0.455 e. The van der Waals surface area contributed by atoms with Gasteiger partial charge >= 0.3 is 0 Å². The summed E-state index contributed by atoms with van der Waals surface area (Å²) in [5.41, 5.74) is 9.76. The fraction of sp³-hybridized carbons (Fsp3) is 0. The molecule has 0 bridgehead atoms. The molecule has 0 aliphatic carbocycles. The minimum absolute atomic E-state index is 0.121. The number of rotatable bonds is 2. The Labute approximate surface area is 307 Å². The van der Waals surface area contributed by atoms with E-state index in [1.54, 1.807) is 23.5 Å². The topological polar surface area (TPSA) is 65.7 Å². The second-order valence-corrected chi connectivity index (χ2v) is 14.9. The lowest BCUT2D eigenvalue weighted by atomic mass is 9.36. The van der Waals surface area contributed by atoms with Crippen molar-refractivity contribution in [1.82, 2.24) is 4.57 Å². The highest BCUT2D eigenvalue weighted by molar-refractivity contribution is 8.01. The van der Waals surface area contributed by atoms with Crippen molar-refractivity contribution in [2.24, 2.45) is 0 Å². The van der Waals surface area contributed by atoms with Crippen molar-refractivity contribution in [3.05, 3.63) is 144 Å². The van der Waals surface area contributed by atoms with Crippen molar-refractivity contribution in [1.29, 1.82) is 10.5 Å². The highest BCUT2D eigenvalue weighted by Crippen LogP contribution is 2.46. The maximum absolute atomic E-state index is 10.2. The average Bonchev–Trinajstić information content (AvgIpc) is 3.77. The van der Waals surface area contributed by atoms with Crippen LogP contribution in [0.5, 0.6) is 0 Å². The molecule has 2 aromatic heterocycles. The summed E-state index contributed by atoms with van der Waals surface area (Å²) < 4.78 is 42.9. The van der Waals surface area contributed by atoms with Crippen LogP contribution in [0.4, 0.5) is 0 Å². The summed E-state index contributed by atoms with van der Waals surface area (Å²) in [4.78, 5) is 4.04. The van der Waals surface area contributed by atoms with Gasteiger partial charge in [-0.05, 0) is 65.1 Å². The molecule has 0 atom stereocenters. The number of nitrogens with zero attached hydrogens (tertiary/aromatic N) is 3. The molecular weight excluding hydrogens is 661 g/mol. The fourth-order valence-corrected chi connectivity index (χ4v) is 10.6. The van der Waals surface area contributed by atoms with Crippen molar-refractivity contribution < 1.29 is 9.90 Å². The first-order valence-corrected chi connectivity index (χ1v) is 18.0. The van der Waals surface area contributed by atoms with Gasteiger partial charge in [0.05, 0.1) is 44.3 Å². The summed E-state index contributed by atoms with van der Waals surface area (Å²) in [5, 5.41) is 23.4. The van der Waals surface area contributed by atoms with Crippen LogP contribution in [-0.2, 0) is 0 Å². The lowest BCUT2D eigenvalue weighted by Crippen LogP contribution is -2.58. The molecule has 0 amide bonds. The molecule has 4 nitrogen and oxygen atoms in total. The van der Waals surface area contributed by atoms with Crippen LogP contribution >= 0.6 is 23.5 Å². The Kier molecular flexibility index (Phi) is 5.23. The first-order chi connectivity index (χ1) is 26.9. The van der Waals surface area contributed by atoms with Gasteiger partial charge in [-0.2, -0.15) is 10.5 Å². The Morgan fingerprint density at radius 3 is 2.29 bits per heavy atom. The summed E-state index contributed by atoms with van der Waals surface area (Å²) in [7, 11) is 0. The Bertz CT molecular complexity index is 3320. The molecule has 0 saturated carbocycles. The predicted octanol–water partition coefficient (Wildman–Crippen LogP) is 9.54. The van der Waals surface area contributed by atoms with Crippen LogP contribution in [0.2, 0.25) is 0 Å². The Morgan fingerprint density at radius 2 is 1.41 bits per heavy atom. The van der Waals surface area contributed by atoms with E-state index in [1.165, 1.54) is 5.46 Å². The summed E-state index contributed by atoms with van der Waals surface area (Å²) in [6.45, 7) is -0.197.